The van der Waals surface area contributed by atoms with E-state index in [9.17, 15) is 13.6 Å². The molecule has 0 fully saturated rings. The summed E-state index contributed by atoms with van der Waals surface area (Å²) in [7, 11) is 0. The van der Waals surface area contributed by atoms with Crippen molar-refractivity contribution in [2.45, 2.75) is 12.1 Å². The fourth-order valence-electron chi connectivity index (χ4n) is 2.55. The molecule has 2 aromatic heterocycles. The lowest BCUT2D eigenvalue weighted by atomic mass is 10.1. The summed E-state index contributed by atoms with van der Waals surface area (Å²) < 4.78 is 28.8. The molecule has 152 valence electrons. The second-order valence-corrected chi connectivity index (χ2v) is 8.01. The molecular formula is C19H14F2N6OS2. The maximum absolute atomic E-state index is 13.9. The molecule has 0 aliphatic heterocycles. The summed E-state index contributed by atoms with van der Waals surface area (Å²) in [5.74, 6) is -1.42. The Balaban J connectivity index is 1.40. The summed E-state index contributed by atoms with van der Waals surface area (Å²) >= 11 is 2.29. The summed E-state index contributed by atoms with van der Waals surface area (Å²) in [6.45, 7) is 1.98. The van der Waals surface area contributed by atoms with Crippen molar-refractivity contribution in [3.05, 3.63) is 65.0 Å². The van der Waals surface area contributed by atoms with E-state index >= 15 is 0 Å². The molecule has 30 heavy (non-hydrogen) atoms. The first-order chi connectivity index (χ1) is 14.5. The molecule has 0 atom stereocenters. The van der Waals surface area contributed by atoms with E-state index in [-0.39, 0.29) is 28.0 Å². The van der Waals surface area contributed by atoms with Crippen molar-refractivity contribution < 1.29 is 13.6 Å². The van der Waals surface area contributed by atoms with E-state index in [1.54, 1.807) is 10.1 Å². The number of nitrogens with one attached hydrogen (secondary N) is 1. The number of anilines is 1. The van der Waals surface area contributed by atoms with Gasteiger partial charge in [-0.1, -0.05) is 29.5 Å². The molecular weight excluding hydrogens is 430 g/mol. The zero-order valence-corrected chi connectivity index (χ0v) is 17.2. The molecule has 4 rings (SSSR count). The van der Waals surface area contributed by atoms with E-state index in [0.29, 0.717) is 5.16 Å². The van der Waals surface area contributed by atoms with E-state index in [1.807, 2.05) is 31.2 Å². The molecule has 0 aliphatic rings. The van der Waals surface area contributed by atoms with Crippen LogP contribution >= 0.6 is 23.1 Å². The first-order valence-electron chi connectivity index (χ1n) is 8.68. The molecule has 2 aromatic carbocycles. The second-order valence-electron chi connectivity index (χ2n) is 6.21. The zero-order valence-electron chi connectivity index (χ0n) is 15.5. The molecule has 0 radical (unpaired) electrons. The minimum Gasteiger partial charge on any atom is -0.301 e. The molecule has 0 saturated heterocycles. The highest BCUT2D eigenvalue weighted by Gasteiger charge is 2.14. The van der Waals surface area contributed by atoms with Gasteiger partial charge in [-0.3, -0.25) is 4.79 Å². The fourth-order valence-corrected chi connectivity index (χ4v) is 3.97. The standard InChI is InChI=1S/C19H14F2N6OS2/c1-11-2-5-13(6-3-11)27-19(24-25-26-27)30-10-17(28)23-18-22-16(9-29-18)14-8-12(20)4-7-15(14)21/h2-9H,10H2,1H3,(H,22,23,28). The van der Waals surface area contributed by atoms with Gasteiger partial charge in [-0.25, -0.2) is 13.8 Å². The number of carbonyl (C=O) groups excluding carboxylic acids is 1. The van der Waals surface area contributed by atoms with Crippen molar-refractivity contribution in [1.29, 1.82) is 0 Å². The number of rotatable bonds is 6. The van der Waals surface area contributed by atoms with Crippen LogP contribution in [-0.4, -0.2) is 36.9 Å². The van der Waals surface area contributed by atoms with Crippen LogP contribution in [0, 0.1) is 18.6 Å². The summed E-state index contributed by atoms with van der Waals surface area (Å²) in [4.78, 5) is 16.5. The van der Waals surface area contributed by atoms with Gasteiger partial charge in [0, 0.05) is 10.9 Å². The molecule has 0 bridgehead atoms. The first kappa shape index (κ1) is 20.1. The molecule has 4 aromatic rings. The van der Waals surface area contributed by atoms with Crippen LogP contribution in [0.4, 0.5) is 13.9 Å². The number of nitrogens with zero attached hydrogens (tertiary/aromatic N) is 5. The predicted molar refractivity (Wildman–Crippen MR) is 111 cm³/mol. The van der Waals surface area contributed by atoms with E-state index in [1.165, 1.54) is 11.8 Å². The Morgan fingerprint density at radius 1 is 1.20 bits per heavy atom. The molecule has 1 amide bonds. The van der Waals surface area contributed by atoms with Crippen LogP contribution < -0.4 is 5.32 Å². The Kier molecular flexibility index (Phi) is 5.81. The number of carbonyl (C=O) groups is 1. The van der Waals surface area contributed by atoms with Crippen LogP contribution in [0.15, 0.2) is 53.0 Å². The highest BCUT2D eigenvalue weighted by Crippen LogP contribution is 2.28. The number of aryl methyl sites for hydroxylation is 1. The van der Waals surface area contributed by atoms with Crippen molar-refractivity contribution in [2.24, 2.45) is 0 Å². The fraction of sp³-hybridized carbons (Fsp3) is 0.105. The van der Waals surface area contributed by atoms with Crippen LogP contribution in [0.2, 0.25) is 0 Å². The highest BCUT2D eigenvalue weighted by atomic mass is 32.2. The van der Waals surface area contributed by atoms with Crippen molar-refractivity contribution >= 4 is 34.1 Å². The maximum atomic E-state index is 13.9. The molecule has 0 unspecified atom stereocenters. The van der Waals surface area contributed by atoms with Gasteiger partial charge in [-0.15, -0.1) is 16.4 Å². The predicted octanol–water partition coefficient (Wildman–Crippen LogP) is 4.10. The first-order valence-corrected chi connectivity index (χ1v) is 10.5. The second kappa shape index (κ2) is 8.67. The third-order valence-corrected chi connectivity index (χ3v) is 5.68. The highest BCUT2D eigenvalue weighted by molar-refractivity contribution is 7.99. The average Bonchev–Trinajstić information content (AvgIpc) is 3.38. The lowest BCUT2D eigenvalue weighted by molar-refractivity contribution is -0.113. The number of hydrogen-bond acceptors (Lipinski definition) is 7. The number of aromatic nitrogens is 5. The number of thioether (sulfide) groups is 1. The van der Waals surface area contributed by atoms with Crippen LogP contribution in [0.3, 0.4) is 0 Å². The Morgan fingerprint density at radius 3 is 2.80 bits per heavy atom. The van der Waals surface area contributed by atoms with Crippen LogP contribution in [-0.2, 0) is 4.79 Å². The zero-order chi connectivity index (χ0) is 21.1. The average molecular weight is 444 g/mol. The summed E-state index contributed by atoms with van der Waals surface area (Å²) in [6, 6.07) is 10.8. The summed E-state index contributed by atoms with van der Waals surface area (Å²) in [5.41, 5.74) is 2.19. The van der Waals surface area contributed by atoms with Gasteiger partial charge in [-0.05, 0) is 47.7 Å². The molecule has 0 saturated carbocycles. The number of hydrogen-bond donors (Lipinski definition) is 1. The normalized spacial score (nSPS) is 10.9. The Hall–Kier alpha value is -3.18. The van der Waals surface area contributed by atoms with Gasteiger partial charge in [0.15, 0.2) is 5.13 Å². The van der Waals surface area contributed by atoms with Gasteiger partial charge in [0.2, 0.25) is 11.1 Å². The third-order valence-electron chi connectivity index (χ3n) is 4.01. The van der Waals surface area contributed by atoms with Crippen molar-refractivity contribution in [1.82, 2.24) is 25.2 Å². The topological polar surface area (TPSA) is 85.6 Å². The summed E-state index contributed by atoms with van der Waals surface area (Å²) in [5, 5.41) is 16.5. The van der Waals surface area contributed by atoms with Crippen molar-refractivity contribution in [2.75, 3.05) is 11.1 Å². The molecule has 1 N–H and O–H groups in total. The number of tetrazole rings is 1. The van der Waals surface area contributed by atoms with E-state index < -0.39 is 11.6 Å². The van der Waals surface area contributed by atoms with Crippen molar-refractivity contribution in [3.63, 3.8) is 0 Å². The number of halogens is 2. The monoisotopic (exact) mass is 444 g/mol. The largest absolute Gasteiger partial charge is 0.301 e. The van der Waals surface area contributed by atoms with Gasteiger partial charge in [0.25, 0.3) is 0 Å². The Bertz CT molecular complexity index is 1190. The van der Waals surface area contributed by atoms with Gasteiger partial charge in [0.1, 0.15) is 11.6 Å². The van der Waals surface area contributed by atoms with Gasteiger partial charge in [-0.2, -0.15) is 4.68 Å². The lowest BCUT2D eigenvalue weighted by Gasteiger charge is -2.05. The smallest absolute Gasteiger partial charge is 0.236 e. The van der Waals surface area contributed by atoms with Gasteiger partial charge in [0.05, 0.1) is 17.1 Å². The van der Waals surface area contributed by atoms with Crippen LogP contribution in [0.1, 0.15) is 5.56 Å². The SMILES string of the molecule is Cc1ccc(-n2nnnc2SCC(=O)Nc2nc(-c3cc(F)ccc3F)cs2)cc1. The number of amides is 1. The van der Waals surface area contributed by atoms with Gasteiger partial charge < -0.3 is 5.32 Å². The quantitative estimate of drug-likeness (QED) is 0.451. The molecule has 11 heteroatoms. The molecule has 0 spiro atoms. The minimum atomic E-state index is -0.585. The maximum Gasteiger partial charge on any atom is 0.236 e. The summed E-state index contributed by atoms with van der Waals surface area (Å²) in [6.07, 6.45) is 0. The lowest BCUT2D eigenvalue weighted by Crippen LogP contribution is -2.14. The number of benzene rings is 2. The molecule has 7 nitrogen and oxygen atoms in total. The minimum absolute atomic E-state index is 0.0402. The van der Waals surface area contributed by atoms with Crippen LogP contribution in [0.5, 0.6) is 0 Å². The van der Waals surface area contributed by atoms with Gasteiger partial charge >= 0.3 is 0 Å². The molecule has 0 aliphatic carbocycles. The third kappa shape index (κ3) is 4.52. The van der Waals surface area contributed by atoms with Crippen LogP contribution in [0.25, 0.3) is 16.9 Å². The Labute approximate surface area is 178 Å². The van der Waals surface area contributed by atoms with Crippen molar-refractivity contribution in [3.8, 4) is 16.9 Å². The molecule has 2 heterocycles. The van der Waals surface area contributed by atoms with E-state index in [4.69, 9.17) is 0 Å². The van der Waals surface area contributed by atoms with E-state index in [0.717, 1.165) is 40.8 Å². The van der Waals surface area contributed by atoms with E-state index in [2.05, 4.69) is 25.8 Å². The Morgan fingerprint density at radius 2 is 2.00 bits per heavy atom. The number of thiazole rings is 1.